The summed E-state index contributed by atoms with van der Waals surface area (Å²) in [5, 5.41) is 5.82. The van der Waals surface area contributed by atoms with Crippen molar-refractivity contribution < 1.29 is 31.9 Å². The molecule has 0 atom stereocenters. The minimum atomic E-state index is -4.43. The van der Waals surface area contributed by atoms with E-state index in [2.05, 4.69) is 20.6 Å². The molecule has 0 bridgehead atoms. The molecule has 5 rings (SSSR count). The summed E-state index contributed by atoms with van der Waals surface area (Å²) in [4.78, 5) is 34.8. The number of rotatable bonds is 8. The maximum Gasteiger partial charge on any atom is 0.389 e. The number of furan rings is 1. The van der Waals surface area contributed by atoms with Crippen LogP contribution in [0.2, 0.25) is 0 Å². The molecule has 2 amide bonds. The van der Waals surface area contributed by atoms with Crippen LogP contribution in [-0.4, -0.2) is 40.5 Å². The van der Waals surface area contributed by atoms with Crippen molar-refractivity contribution in [3.8, 4) is 34.1 Å². The van der Waals surface area contributed by atoms with Crippen molar-refractivity contribution in [2.45, 2.75) is 45.3 Å². The number of nitrogens with zero attached hydrogens (tertiary/aromatic N) is 2. The van der Waals surface area contributed by atoms with Crippen molar-refractivity contribution in [1.29, 1.82) is 0 Å². The van der Waals surface area contributed by atoms with E-state index in [4.69, 9.17) is 9.15 Å². The molecule has 8 nitrogen and oxygen atoms in total. The molecule has 0 unspecified atom stereocenters. The van der Waals surface area contributed by atoms with Crippen LogP contribution in [0, 0.1) is 0 Å². The summed E-state index contributed by atoms with van der Waals surface area (Å²) in [5.74, 6) is 0.302. The lowest BCUT2D eigenvalue weighted by molar-refractivity contribution is -0.134. The Labute approximate surface area is 257 Å². The topological polar surface area (TPSA) is 106 Å². The van der Waals surface area contributed by atoms with Crippen LogP contribution in [0.1, 0.15) is 53.6 Å². The first-order chi connectivity index (χ1) is 21.3. The van der Waals surface area contributed by atoms with Gasteiger partial charge in [-0.15, -0.1) is 0 Å². The van der Waals surface area contributed by atoms with Gasteiger partial charge in [0.05, 0.1) is 16.6 Å². The van der Waals surface area contributed by atoms with Crippen molar-refractivity contribution in [3.63, 3.8) is 0 Å². The molecule has 0 fully saturated rings. The molecular weight excluding hydrogens is 585 g/mol. The first-order valence-electron chi connectivity index (χ1n) is 14.2. The molecule has 0 aliphatic heterocycles. The van der Waals surface area contributed by atoms with Crippen LogP contribution in [0.4, 0.5) is 13.2 Å². The molecule has 3 aromatic heterocycles. The third kappa shape index (κ3) is 7.49. The number of hydrogen-bond donors (Lipinski definition) is 2. The highest BCUT2D eigenvalue weighted by molar-refractivity contribution is 6.11. The van der Waals surface area contributed by atoms with E-state index in [-0.39, 0.29) is 28.6 Å². The molecule has 3 heterocycles. The highest BCUT2D eigenvalue weighted by atomic mass is 19.4. The van der Waals surface area contributed by atoms with Gasteiger partial charge in [-0.05, 0) is 81.3 Å². The second-order valence-electron chi connectivity index (χ2n) is 11.4. The van der Waals surface area contributed by atoms with Crippen LogP contribution in [0.25, 0.3) is 33.6 Å². The average molecular weight is 617 g/mol. The number of carbonyl (C=O) groups is 2. The molecule has 0 saturated carbocycles. The van der Waals surface area contributed by atoms with Gasteiger partial charge in [0.1, 0.15) is 11.5 Å². The van der Waals surface area contributed by atoms with E-state index >= 15 is 0 Å². The third-order valence-electron chi connectivity index (χ3n) is 6.76. The molecule has 0 spiro atoms. The fourth-order valence-electron chi connectivity index (χ4n) is 4.76. The Morgan fingerprint density at radius 1 is 0.911 bits per heavy atom. The zero-order valence-corrected chi connectivity index (χ0v) is 25.1. The van der Waals surface area contributed by atoms with Gasteiger partial charge in [-0.3, -0.25) is 9.59 Å². The van der Waals surface area contributed by atoms with Crippen LogP contribution in [0.3, 0.4) is 0 Å². The molecule has 5 aromatic rings. The van der Waals surface area contributed by atoms with Gasteiger partial charge in [0.2, 0.25) is 11.6 Å². The van der Waals surface area contributed by atoms with Crippen molar-refractivity contribution in [1.82, 2.24) is 20.6 Å². The number of fused-ring (bicyclic) bond motifs is 1. The number of benzene rings is 2. The molecule has 0 saturated heterocycles. The number of nitrogens with one attached hydrogen (secondary N) is 2. The standard InChI is InChI=1S/C34H31F3N4O4/c1-33(2,3)41-30(42)22-9-7-8-21(18-22)24-19-25-28(31(43)38-4)29(45-32(25)40-26(24)15-16-34(35,36)37)20-11-13-23(14-12-20)44-27-10-5-6-17-39-27/h5-14,17-19H,15-16H2,1-4H3,(H,38,43)(H,41,42). The smallest absolute Gasteiger partial charge is 0.389 e. The first kappa shape index (κ1) is 31.2. The highest BCUT2D eigenvalue weighted by Crippen LogP contribution is 2.38. The number of carbonyl (C=O) groups excluding carboxylic acids is 2. The number of pyridine rings is 2. The highest BCUT2D eigenvalue weighted by Gasteiger charge is 2.29. The Morgan fingerprint density at radius 3 is 2.31 bits per heavy atom. The lowest BCUT2D eigenvalue weighted by Crippen LogP contribution is -2.40. The normalized spacial score (nSPS) is 11.8. The quantitative estimate of drug-likeness (QED) is 0.185. The molecule has 0 aliphatic carbocycles. The van der Waals surface area contributed by atoms with Gasteiger partial charge in [-0.25, -0.2) is 9.97 Å². The van der Waals surface area contributed by atoms with Crippen molar-refractivity contribution >= 4 is 22.9 Å². The van der Waals surface area contributed by atoms with Crippen LogP contribution in [0.15, 0.2) is 83.4 Å². The Kier molecular flexibility index (Phi) is 8.63. The van der Waals surface area contributed by atoms with Gasteiger partial charge in [0.15, 0.2) is 0 Å². The number of halogens is 3. The predicted molar refractivity (Wildman–Crippen MR) is 164 cm³/mol. The maximum atomic E-state index is 13.4. The van der Waals surface area contributed by atoms with E-state index in [1.807, 2.05) is 20.8 Å². The summed E-state index contributed by atoms with van der Waals surface area (Å²) >= 11 is 0. The van der Waals surface area contributed by atoms with E-state index in [1.165, 1.54) is 7.05 Å². The van der Waals surface area contributed by atoms with E-state index in [1.54, 1.807) is 79.0 Å². The zero-order valence-electron chi connectivity index (χ0n) is 25.1. The lowest BCUT2D eigenvalue weighted by atomic mass is 9.96. The molecule has 0 aliphatic rings. The number of amides is 2. The Hall–Kier alpha value is -5.19. The van der Waals surface area contributed by atoms with Gasteiger partial charge in [-0.1, -0.05) is 18.2 Å². The average Bonchev–Trinajstić information content (AvgIpc) is 3.37. The lowest BCUT2D eigenvalue weighted by Gasteiger charge is -2.20. The minimum absolute atomic E-state index is 0.0139. The fourth-order valence-corrected chi connectivity index (χ4v) is 4.76. The van der Waals surface area contributed by atoms with Gasteiger partial charge in [-0.2, -0.15) is 13.2 Å². The molecule has 232 valence electrons. The van der Waals surface area contributed by atoms with Crippen LogP contribution in [-0.2, 0) is 6.42 Å². The summed E-state index contributed by atoms with van der Waals surface area (Å²) in [5.41, 5.74) is 1.50. The SMILES string of the molecule is CNC(=O)c1c(-c2ccc(Oc3ccccn3)cc2)oc2nc(CCC(F)(F)F)c(-c3cccc(C(=O)NC(C)(C)C)c3)cc12. The molecule has 11 heteroatoms. The Balaban J connectivity index is 1.62. The maximum absolute atomic E-state index is 13.4. The first-order valence-corrected chi connectivity index (χ1v) is 14.2. The second kappa shape index (κ2) is 12.4. The third-order valence-corrected chi connectivity index (χ3v) is 6.76. The second-order valence-corrected chi connectivity index (χ2v) is 11.4. The van der Waals surface area contributed by atoms with Gasteiger partial charge in [0, 0.05) is 48.0 Å². The summed E-state index contributed by atoms with van der Waals surface area (Å²) in [6.45, 7) is 5.54. The molecular formula is C34H31F3N4O4. The fraction of sp³-hybridized carbons (Fsp3) is 0.235. The van der Waals surface area contributed by atoms with Crippen molar-refractivity contribution in [2.75, 3.05) is 7.05 Å². The Morgan fingerprint density at radius 2 is 1.67 bits per heavy atom. The minimum Gasteiger partial charge on any atom is -0.439 e. The van der Waals surface area contributed by atoms with Crippen LogP contribution in [0.5, 0.6) is 11.6 Å². The zero-order chi connectivity index (χ0) is 32.4. The number of aryl methyl sites for hydroxylation is 1. The van der Waals surface area contributed by atoms with Gasteiger partial charge in [0.25, 0.3) is 11.8 Å². The predicted octanol–water partition coefficient (Wildman–Crippen LogP) is 7.73. The van der Waals surface area contributed by atoms with E-state index in [0.717, 1.165) is 0 Å². The summed E-state index contributed by atoms with van der Waals surface area (Å²) in [7, 11) is 1.47. The van der Waals surface area contributed by atoms with Crippen molar-refractivity contribution in [3.05, 3.63) is 95.8 Å². The molecule has 2 N–H and O–H groups in total. The van der Waals surface area contributed by atoms with Crippen molar-refractivity contribution in [2.24, 2.45) is 0 Å². The Bertz CT molecular complexity index is 1840. The molecule has 0 radical (unpaired) electrons. The van der Waals surface area contributed by atoms with E-state index in [0.29, 0.717) is 39.3 Å². The number of ether oxygens (including phenoxy) is 1. The van der Waals surface area contributed by atoms with Gasteiger partial charge >= 0.3 is 6.18 Å². The summed E-state index contributed by atoms with van der Waals surface area (Å²) < 4.78 is 51.9. The van der Waals surface area contributed by atoms with E-state index < -0.39 is 30.5 Å². The van der Waals surface area contributed by atoms with Gasteiger partial charge < -0.3 is 19.8 Å². The number of hydrogen-bond acceptors (Lipinski definition) is 6. The van der Waals surface area contributed by atoms with Crippen LogP contribution < -0.4 is 15.4 Å². The number of aromatic nitrogens is 2. The van der Waals surface area contributed by atoms with E-state index in [9.17, 15) is 22.8 Å². The summed E-state index contributed by atoms with van der Waals surface area (Å²) in [6, 6.07) is 20.2. The summed E-state index contributed by atoms with van der Waals surface area (Å²) in [6.07, 6.45) is -4.37. The molecule has 45 heavy (non-hydrogen) atoms. The monoisotopic (exact) mass is 616 g/mol. The molecule has 2 aromatic carbocycles. The largest absolute Gasteiger partial charge is 0.439 e. The number of alkyl halides is 3. The van der Waals surface area contributed by atoms with Crippen LogP contribution >= 0.6 is 0 Å².